The Morgan fingerprint density at radius 3 is 3.05 bits per heavy atom. The summed E-state index contributed by atoms with van der Waals surface area (Å²) in [7, 11) is 0. The van der Waals surface area contributed by atoms with Gasteiger partial charge in [-0.1, -0.05) is 13.0 Å². The summed E-state index contributed by atoms with van der Waals surface area (Å²) in [6.07, 6.45) is 1.37. The maximum atomic E-state index is 12.2. The van der Waals surface area contributed by atoms with E-state index >= 15 is 0 Å². The molecule has 0 fully saturated rings. The van der Waals surface area contributed by atoms with Gasteiger partial charge in [0, 0.05) is 16.1 Å². The summed E-state index contributed by atoms with van der Waals surface area (Å²) in [5, 5.41) is 7.75. The van der Waals surface area contributed by atoms with Gasteiger partial charge < -0.3 is 10.6 Å². The predicted molar refractivity (Wildman–Crippen MR) is 83.6 cm³/mol. The molecule has 0 saturated carbocycles. The van der Waals surface area contributed by atoms with Crippen molar-refractivity contribution in [1.82, 2.24) is 5.32 Å². The second-order valence-corrected chi connectivity index (χ2v) is 6.00. The molecular weight excluding hydrogens is 284 g/mol. The molecule has 0 saturated heterocycles. The van der Waals surface area contributed by atoms with Crippen LogP contribution in [0.15, 0.2) is 29.6 Å². The average molecular weight is 300 g/mol. The minimum absolute atomic E-state index is 0.0197. The zero-order valence-electron chi connectivity index (χ0n) is 11.7. The number of aryl methyl sites for hydroxylation is 1. The number of thiophene rings is 1. The van der Waals surface area contributed by atoms with Crippen LogP contribution in [0.1, 0.15) is 33.3 Å². The first-order valence-electron chi connectivity index (χ1n) is 6.93. The zero-order chi connectivity index (χ0) is 14.8. The molecule has 2 N–H and O–H groups in total. The molecule has 0 aliphatic carbocycles. The van der Waals surface area contributed by atoms with Gasteiger partial charge >= 0.3 is 0 Å². The van der Waals surface area contributed by atoms with Crippen molar-refractivity contribution in [2.45, 2.75) is 26.3 Å². The van der Waals surface area contributed by atoms with Crippen LogP contribution < -0.4 is 10.6 Å². The Morgan fingerprint density at radius 2 is 2.24 bits per heavy atom. The minimum Gasteiger partial charge on any atom is -0.347 e. The van der Waals surface area contributed by atoms with E-state index in [2.05, 4.69) is 23.6 Å². The molecule has 0 atom stereocenters. The standard InChI is InChI=1S/C16H16N2O2S/c1-2-10-5-6-21-14(10)9-17-16(20)12-4-3-11-8-15(19)18-13(11)7-12/h3-7H,2,8-9H2,1H3,(H,17,20)(H,18,19). The van der Waals surface area contributed by atoms with Gasteiger partial charge in [0.05, 0.1) is 13.0 Å². The molecule has 0 unspecified atom stereocenters. The van der Waals surface area contributed by atoms with Crippen molar-refractivity contribution in [3.63, 3.8) is 0 Å². The lowest BCUT2D eigenvalue weighted by atomic mass is 10.1. The van der Waals surface area contributed by atoms with Gasteiger partial charge in [-0.25, -0.2) is 0 Å². The van der Waals surface area contributed by atoms with Crippen molar-refractivity contribution in [1.29, 1.82) is 0 Å². The first-order valence-corrected chi connectivity index (χ1v) is 7.81. The van der Waals surface area contributed by atoms with Gasteiger partial charge in [-0.3, -0.25) is 9.59 Å². The number of fused-ring (bicyclic) bond motifs is 1. The Balaban J connectivity index is 1.69. The van der Waals surface area contributed by atoms with E-state index in [1.54, 1.807) is 23.5 Å². The van der Waals surface area contributed by atoms with Crippen LogP contribution in [0.3, 0.4) is 0 Å². The Labute approximate surface area is 127 Å². The lowest BCUT2D eigenvalue weighted by Crippen LogP contribution is -2.22. The predicted octanol–water partition coefficient (Wildman–Crippen LogP) is 2.74. The van der Waals surface area contributed by atoms with Gasteiger partial charge in [0.2, 0.25) is 5.91 Å². The van der Waals surface area contributed by atoms with E-state index in [0.29, 0.717) is 18.5 Å². The van der Waals surface area contributed by atoms with Crippen LogP contribution in [0.5, 0.6) is 0 Å². The second kappa shape index (κ2) is 5.69. The Bertz CT molecular complexity index is 706. The molecule has 1 aliphatic heterocycles. The van der Waals surface area contributed by atoms with E-state index in [1.165, 1.54) is 10.4 Å². The summed E-state index contributed by atoms with van der Waals surface area (Å²) in [5.41, 5.74) is 3.55. The van der Waals surface area contributed by atoms with Crippen molar-refractivity contribution in [2.24, 2.45) is 0 Å². The monoisotopic (exact) mass is 300 g/mol. The van der Waals surface area contributed by atoms with Gasteiger partial charge in [0.1, 0.15) is 0 Å². The fourth-order valence-electron chi connectivity index (χ4n) is 2.46. The molecule has 1 aliphatic rings. The van der Waals surface area contributed by atoms with Crippen molar-refractivity contribution in [2.75, 3.05) is 5.32 Å². The Kier molecular flexibility index (Phi) is 3.75. The van der Waals surface area contributed by atoms with Crippen LogP contribution >= 0.6 is 11.3 Å². The molecule has 2 aromatic rings. The molecule has 0 spiro atoms. The van der Waals surface area contributed by atoms with E-state index in [1.807, 2.05) is 11.4 Å². The number of nitrogens with one attached hydrogen (secondary N) is 2. The summed E-state index contributed by atoms with van der Waals surface area (Å²) in [6.45, 7) is 2.65. The van der Waals surface area contributed by atoms with E-state index in [9.17, 15) is 9.59 Å². The highest BCUT2D eigenvalue weighted by Gasteiger charge is 2.19. The maximum Gasteiger partial charge on any atom is 0.251 e. The maximum absolute atomic E-state index is 12.2. The highest BCUT2D eigenvalue weighted by atomic mass is 32.1. The fourth-order valence-corrected chi connectivity index (χ4v) is 3.37. The van der Waals surface area contributed by atoms with Gasteiger partial charge in [0.25, 0.3) is 5.91 Å². The van der Waals surface area contributed by atoms with Gasteiger partial charge in [0.15, 0.2) is 0 Å². The molecule has 0 radical (unpaired) electrons. The first-order chi connectivity index (χ1) is 10.2. The number of hydrogen-bond acceptors (Lipinski definition) is 3. The smallest absolute Gasteiger partial charge is 0.251 e. The second-order valence-electron chi connectivity index (χ2n) is 5.00. The third-order valence-corrected chi connectivity index (χ3v) is 4.59. The first kappa shape index (κ1) is 13.8. The normalized spacial score (nSPS) is 12.9. The lowest BCUT2D eigenvalue weighted by molar-refractivity contribution is -0.115. The van der Waals surface area contributed by atoms with Crippen LogP contribution in [0.4, 0.5) is 5.69 Å². The number of anilines is 1. The molecule has 1 aromatic heterocycles. The molecule has 2 heterocycles. The lowest BCUT2D eigenvalue weighted by Gasteiger charge is -2.07. The highest BCUT2D eigenvalue weighted by molar-refractivity contribution is 7.10. The van der Waals surface area contributed by atoms with E-state index in [0.717, 1.165) is 17.7 Å². The number of benzene rings is 1. The Hall–Kier alpha value is -2.14. The molecule has 2 amide bonds. The van der Waals surface area contributed by atoms with E-state index in [-0.39, 0.29) is 11.8 Å². The average Bonchev–Trinajstić information content (AvgIpc) is 3.08. The van der Waals surface area contributed by atoms with Crippen molar-refractivity contribution >= 4 is 28.8 Å². The van der Waals surface area contributed by atoms with Crippen LogP contribution in [-0.4, -0.2) is 11.8 Å². The van der Waals surface area contributed by atoms with E-state index < -0.39 is 0 Å². The molecule has 0 bridgehead atoms. The van der Waals surface area contributed by atoms with Crippen LogP contribution in [0.2, 0.25) is 0 Å². The summed E-state index contributed by atoms with van der Waals surface area (Å²) < 4.78 is 0. The summed E-state index contributed by atoms with van der Waals surface area (Å²) in [6, 6.07) is 7.44. The third kappa shape index (κ3) is 2.83. The van der Waals surface area contributed by atoms with Gasteiger partial charge in [-0.15, -0.1) is 11.3 Å². The molecular formula is C16H16N2O2S. The molecule has 4 nitrogen and oxygen atoms in total. The van der Waals surface area contributed by atoms with Crippen LogP contribution in [0, 0.1) is 0 Å². The number of rotatable bonds is 4. The molecule has 3 rings (SSSR count). The summed E-state index contributed by atoms with van der Waals surface area (Å²) in [5.74, 6) is -0.136. The molecule has 1 aromatic carbocycles. The van der Waals surface area contributed by atoms with Crippen molar-refractivity contribution in [3.05, 3.63) is 51.2 Å². The van der Waals surface area contributed by atoms with E-state index in [4.69, 9.17) is 0 Å². The van der Waals surface area contributed by atoms with Crippen molar-refractivity contribution < 1.29 is 9.59 Å². The number of carbonyl (C=O) groups excluding carboxylic acids is 2. The van der Waals surface area contributed by atoms with Crippen LogP contribution in [0.25, 0.3) is 0 Å². The fraction of sp³-hybridized carbons (Fsp3) is 0.250. The SMILES string of the molecule is CCc1ccsc1CNC(=O)c1ccc2c(c1)NC(=O)C2. The largest absolute Gasteiger partial charge is 0.347 e. The summed E-state index contributed by atoms with van der Waals surface area (Å²) in [4.78, 5) is 24.7. The summed E-state index contributed by atoms with van der Waals surface area (Å²) >= 11 is 1.66. The van der Waals surface area contributed by atoms with Gasteiger partial charge in [-0.05, 0) is 41.1 Å². The number of carbonyl (C=O) groups is 2. The molecule has 108 valence electrons. The molecule has 21 heavy (non-hydrogen) atoms. The quantitative estimate of drug-likeness (QED) is 0.912. The Morgan fingerprint density at radius 1 is 1.38 bits per heavy atom. The molecule has 5 heteroatoms. The topological polar surface area (TPSA) is 58.2 Å². The minimum atomic E-state index is -0.116. The number of amides is 2. The zero-order valence-corrected chi connectivity index (χ0v) is 12.5. The van der Waals surface area contributed by atoms with Crippen LogP contribution in [-0.2, 0) is 24.2 Å². The van der Waals surface area contributed by atoms with Gasteiger partial charge in [-0.2, -0.15) is 0 Å². The highest BCUT2D eigenvalue weighted by Crippen LogP contribution is 2.24. The van der Waals surface area contributed by atoms with Crippen molar-refractivity contribution in [3.8, 4) is 0 Å². The third-order valence-electron chi connectivity index (χ3n) is 3.63. The number of hydrogen-bond donors (Lipinski definition) is 2.